The minimum absolute atomic E-state index is 0.564. The number of nitrogens with zero attached hydrogens (tertiary/aromatic N) is 3. The van der Waals surface area contributed by atoms with Gasteiger partial charge in [0.2, 0.25) is 0 Å². The highest BCUT2D eigenvalue weighted by atomic mass is 32.1. The summed E-state index contributed by atoms with van der Waals surface area (Å²) in [7, 11) is 0. The zero-order valence-corrected chi connectivity index (χ0v) is 11.4. The minimum atomic E-state index is 0.564. The number of H-pyrrole nitrogens is 1. The van der Waals surface area contributed by atoms with Gasteiger partial charge >= 0.3 is 0 Å². The zero-order valence-electron chi connectivity index (χ0n) is 10.6. The molecule has 0 saturated carbocycles. The topological polar surface area (TPSA) is 46.0 Å². The molecule has 0 saturated heterocycles. The molecule has 2 aromatic heterocycles. The molecule has 0 atom stereocenters. The average molecular weight is 280 g/mol. The van der Waals surface area contributed by atoms with Crippen molar-refractivity contribution in [3.05, 3.63) is 71.4 Å². The Balaban J connectivity index is 1.91. The monoisotopic (exact) mass is 280 g/mol. The lowest BCUT2D eigenvalue weighted by Crippen LogP contribution is -1.88. The van der Waals surface area contributed by atoms with Gasteiger partial charge < -0.3 is 4.98 Å². The molecule has 98 valence electrons. The molecule has 20 heavy (non-hydrogen) atoms. The fourth-order valence-electron chi connectivity index (χ4n) is 1.81. The van der Waals surface area contributed by atoms with Crippen LogP contribution < -0.4 is 0 Å². The number of aromatic nitrogens is 3. The highest BCUT2D eigenvalue weighted by Crippen LogP contribution is 2.16. The summed E-state index contributed by atoms with van der Waals surface area (Å²) in [6, 6.07) is 13.8. The van der Waals surface area contributed by atoms with Gasteiger partial charge in [-0.1, -0.05) is 30.3 Å². The quantitative estimate of drug-likeness (QED) is 0.589. The maximum atomic E-state index is 5.27. The van der Waals surface area contributed by atoms with Crippen LogP contribution in [0.3, 0.4) is 0 Å². The summed E-state index contributed by atoms with van der Waals surface area (Å²) in [5.41, 5.74) is 3.00. The second-order valence-electron chi connectivity index (χ2n) is 4.21. The van der Waals surface area contributed by atoms with E-state index < -0.39 is 0 Å². The van der Waals surface area contributed by atoms with Crippen molar-refractivity contribution in [3.8, 4) is 11.3 Å². The first-order chi connectivity index (χ1) is 9.83. The van der Waals surface area contributed by atoms with Gasteiger partial charge in [0.25, 0.3) is 0 Å². The number of benzene rings is 1. The van der Waals surface area contributed by atoms with Crippen molar-refractivity contribution in [3.63, 3.8) is 0 Å². The van der Waals surface area contributed by atoms with Crippen LogP contribution in [0.15, 0.2) is 66.2 Å². The van der Waals surface area contributed by atoms with Crippen LogP contribution in [0.5, 0.6) is 0 Å². The third-order valence-corrected chi connectivity index (χ3v) is 3.11. The SMILES string of the molecule is S=c1[nH]c(-c2ccccc2)cn1/N=C\c1ccncc1. The Morgan fingerprint density at radius 3 is 2.60 bits per heavy atom. The molecular weight excluding hydrogens is 268 g/mol. The standard InChI is InChI=1S/C15H12N4S/c20-15-18-14(13-4-2-1-3-5-13)11-19(15)17-10-12-6-8-16-9-7-12/h1-11H,(H,18,20)/b17-10-. The molecule has 2 heterocycles. The average Bonchev–Trinajstić information content (AvgIpc) is 2.88. The van der Waals surface area contributed by atoms with Crippen LogP contribution in [0.4, 0.5) is 0 Å². The van der Waals surface area contributed by atoms with Gasteiger partial charge in [0.1, 0.15) is 0 Å². The van der Waals surface area contributed by atoms with Crippen molar-refractivity contribution in [2.45, 2.75) is 0 Å². The predicted octanol–water partition coefficient (Wildman–Crippen LogP) is 3.49. The molecule has 4 nitrogen and oxygen atoms in total. The van der Waals surface area contributed by atoms with Crippen molar-refractivity contribution in [2.75, 3.05) is 0 Å². The van der Waals surface area contributed by atoms with Gasteiger partial charge in [-0.15, -0.1) is 0 Å². The van der Waals surface area contributed by atoms with E-state index in [1.54, 1.807) is 23.3 Å². The van der Waals surface area contributed by atoms with E-state index in [9.17, 15) is 0 Å². The first kappa shape index (κ1) is 12.5. The Kier molecular flexibility index (Phi) is 3.52. The maximum Gasteiger partial charge on any atom is 0.198 e. The Labute approximate surface area is 121 Å². The van der Waals surface area contributed by atoms with E-state index >= 15 is 0 Å². The van der Waals surface area contributed by atoms with Crippen LogP contribution in [0.25, 0.3) is 11.3 Å². The summed E-state index contributed by atoms with van der Waals surface area (Å²) >= 11 is 5.27. The molecule has 1 aromatic carbocycles. The van der Waals surface area contributed by atoms with Crippen LogP contribution in [-0.2, 0) is 0 Å². The first-order valence-corrected chi connectivity index (χ1v) is 6.55. The second-order valence-corrected chi connectivity index (χ2v) is 4.60. The van der Waals surface area contributed by atoms with Gasteiger partial charge in [-0.05, 0) is 35.5 Å². The number of aromatic amines is 1. The van der Waals surface area contributed by atoms with Crippen LogP contribution in [0.1, 0.15) is 5.56 Å². The van der Waals surface area contributed by atoms with Crippen LogP contribution in [0.2, 0.25) is 0 Å². The molecule has 3 rings (SSSR count). The highest BCUT2D eigenvalue weighted by molar-refractivity contribution is 7.71. The predicted molar refractivity (Wildman–Crippen MR) is 82.3 cm³/mol. The maximum absolute atomic E-state index is 5.27. The molecular formula is C15H12N4S. The molecule has 0 aliphatic rings. The fraction of sp³-hybridized carbons (Fsp3) is 0. The summed E-state index contributed by atoms with van der Waals surface area (Å²) in [5, 5.41) is 4.35. The van der Waals surface area contributed by atoms with Gasteiger partial charge in [-0.3, -0.25) is 4.98 Å². The summed E-state index contributed by atoms with van der Waals surface area (Å²) in [6.07, 6.45) is 7.09. The Hall–Kier alpha value is -2.53. The van der Waals surface area contributed by atoms with Gasteiger partial charge in [-0.2, -0.15) is 5.10 Å². The summed E-state index contributed by atoms with van der Waals surface area (Å²) in [5.74, 6) is 0. The molecule has 0 aliphatic carbocycles. The lowest BCUT2D eigenvalue weighted by molar-refractivity contribution is 0.864. The first-order valence-electron chi connectivity index (χ1n) is 6.14. The molecule has 0 aliphatic heterocycles. The second kappa shape index (κ2) is 5.63. The van der Waals surface area contributed by atoms with Crippen molar-refractivity contribution in [1.82, 2.24) is 14.6 Å². The normalized spacial score (nSPS) is 11.0. The number of hydrogen-bond acceptors (Lipinski definition) is 3. The molecule has 0 spiro atoms. The Morgan fingerprint density at radius 1 is 1.10 bits per heavy atom. The lowest BCUT2D eigenvalue weighted by atomic mass is 10.2. The fourth-order valence-corrected chi connectivity index (χ4v) is 2.02. The highest BCUT2D eigenvalue weighted by Gasteiger charge is 2.01. The zero-order chi connectivity index (χ0) is 13.8. The molecule has 1 N–H and O–H groups in total. The van der Waals surface area contributed by atoms with E-state index in [1.807, 2.05) is 48.7 Å². The molecule has 0 radical (unpaired) electrons. The summed E-state index contributed by atoms with van der Waals surface area (Å²) < 4.78 is 2.21. The number of rotatable bonds is 3. The van der Waals surface area contributed by atoms with E-state index in [0.717, 1.165) is 16.8 Å². The number of imidazole rings is 1. The van der Waals surface area contributed by atoms with Crippen molar-refractivity contribution >= 4 is 18.4 Å². The number of hydrogen-bond donors (Lipinski definition) is 1. The summed E-state index contributed by atoms with van der Waals surface area (Å²) in [4.78, 5) is 7.12. The van der Waals surface area contributed by atoms with Gasteiger partial charge in [0.05, 0.1) is 18.1 Å². The third-order valence-electron chi connectivity index (χ3n) is 2.82. The largest absolute Gasteiger partial charge is 0.329 e. The molecule has 0 amide bonds. The van der Waals surface area contributed by atoms with Gasteiger partial charge in [-0.25, -0.2) is 4.68 Å². The Bertz CT molecular complexity index is 772. The van der Waals surface area contributed by atoms with Gasteiger partial charge in [0, 0.05) is 12.4 Å². The smallest absolute Gasteiger partial charge is 0.198 e. The molecule has 5 heteroatoms. The van der Waals surface area contributed by atoms with Crippen LogP contribution >= 0.6 is 12.2 Å². The van der Waals surface area contributed by atoms with Crippen LogP contribution in [-0.4, -0.2) is 20.9 Å². The molecule has 0 fully saturated rings. The number of pyridine rings is 1. The van der Waals surface area contributed by atoms with Crippen molar-refractivity contribution in [1.29, 1.82) is 0 Å². The Morgan fingerprint density at radius 2 is 1.85 bits per heavy atom. The van der Waals surface area contributed by atoms with E-state index in [1.165, 1.54) is 0 Å². The molecule has 3 aromatic rings. The molecule has 0 unspecified atom stereocenters. The third kappa shape index (κ3) is 2.73. The molecule has 0 bridgehead atoms. The van der Waals surface area contributed by atoms with E-state index in [0.29, 0.717) is 4.77 Å². The minimum Gasteiger partial charge on any atom is -0.329 e. The van der Waals surface area contributed by atoms with E-state index in [4.69, 9.17) is 12.2 Å². The van der Waals surface area contributed by atoms with Gasteiger partial charge in [0.15, 0.2) is 4.77 Å². The number of nitrogens with one attached hydrogen (secondary N) is 1. The van der Waals surface area contributed by atoms with E-state index in [2.05, 4.69) is 15.1 Å². The van der Waals surface area contributed by atoms with Crippen molar-refractivity contribution < 1.29 is 0 Å². The van der Waals surface area contributed by atoms with E-state index in [-0.39, 0.29) is 0 Å². The lowest BCUT2D eigenvalue weighted by Gasteiger charge is -1.94. The van der Waals surface area contributed by atoms with Crippen molar-refractivity contribution in [2.24, 2.45) is 5.10 Å². The summed E-state index contributed by atoms with van der Waals surface area (Å²) in [6.45, 7) is 0. The van der Waals surface area contributed by atoms with Crippen LogP contribution in [0, 0.1) is 4.77 Å².